The smallest absolute Gasteiger partial charge is 0.145 e. The summed E-state index contributed by atoms with van der Waals surface area (Å²) >= 11 is 0. The fraction of sp³-hybridized carbons (Fsp3) is 0. The van der Waals surface area contributed by atoms with Crippen molar-refractivity contribution in [2.45, 2.75) is 0 Å². The molecule has 0 aliphatic heterocycles. The lowest BCUT2D eigenvalue weighted by Gasteiger charge is -2.28. The van der Waals surface area contributed by atoms with Crippen molar-refractivity contribution in [2.24, 2.45) is 0 Å². The van der Waals surface area contributed by atoms with E-state index < -0.39 is 0 Å². The molecule has 0 N–H and O–H groups in total. The van der Waals surface area contributed by atoms with Gasteiger partial charge in [0, 0.05) is 11.3 Å². The normalized spacial score (nSPS) is 11.5. The van der Waals surface area contributed by atoms with Gasteiger partial charge in [0.15, 0.2) is 0 Å². The van der Waals surface area contributed by atoms with E-state index in [0.717, 1.165) is 28.1 Å². The highest BCUT2D eigenvalue weighted by atomic mass is 15.1. The van der Waals surface area contributed by atoms with Crippen LogP contribution in [0, 0.1) is 0 Å². The average molecular weight is 726 g/mol. The second-order valence-corrected chi connectivity index (χ2v) is 14.8. The number of aromatic nitrogens is 2. The summed E-state index contributed by atoms with van der Waals surface area (Å²) in [7, 11) is 85.7. The third-order valence-electron chi connectivity index (χ3n) is 11.5. The van der Waals surface area contributed by atoms with Gasteiger partial charge in [-0.05, 0) is 79.2 Å². The minimum absolute atomic E-state index is 0.0993. The fourth-order valence-corrected chi connectivity index (χ4v) is 8.33. The number of nitrogens with zero attached hydrogens (tertiary/aromatic N) is 2. The molecule has 8 aromatic carbocycles. The Labute approximate surface area is 366 Å². The molecule has 26 radical (unpaired) electrons. The summed E-state index contributed by atoms with van der Waals surface area (Å²) in [6, 6.07) is 33.2. The monoisotopic (exact) mass is 728 g/mol. The maximum Gasteiger partial charge on any atom is 0.145 e. The van der Waals surface area contributed by atoms with Crippen molar-refractivity contribution >= 4 is 206 Å². The molecule has 0 amide bonds. The van der Waals surface area contributed by atoms with Gasteiger partial charge in [-0.25, -0.2) is 4.98 Å². The maximum absolute atomic E-state index is 6.99. The van der Waals surface area contributed by atoms with E-state index in [0.29, 0.717) is 54.9 Å². The number of imidazole rings is 1. The Bertz CT molecular complexity index is 3160. The van der Waals surface area contributed by atoms with Gasteiger partial charge >= 0.3 is 0 Å². The van der Waals surface area contributed by atoms with Gasteiger partial charge in [-0.2, -0.15) is 0 Å². The molecular formula is C45H17B13N2. The van der Waals surface area contributed by atoms with Crippen LogP contribution >= 0.6 is 0 Å². The lowest BCUT2D eigenvalue weighted by atomic mass is 9.59. The van der Waals surface area contributed by atoms with E-state index >= 15 is 0 Å². The van der Waals surface area contributed by atoms with Crippen LogP contribution in [0.4, 0.5) is 0 Å². The molecule has 9 rings (SSSR count). The molecule has 0 saturated carbocycles. The number of hydrogen-bond acceptors (Lipinski definition) is 1. The molecule has 0 fully saturated rings. The molecule has 0 unspecified atom stereocenters. The molecule has 0 bridgehead atoms. The zero-order valence-electron chi connectivity index (χ0n) is 32.2. The standard InChI is InChI=1S/C45H17B13N2/c46-32-27(33(47)39(53)44(58)38(32)52)20-12-10-18(11-13-20)25-28-30(36(50)42(56)40(54)34(28)48)26(31-29(25)35(49)41(55)43(57)37(31)51)19-14-16-22(17-15-19)60-24-9-5-4-8-23(24)59-45(60)21-6-2-1-3-7-21/h1-17H. The highest BCUT2D eigenvalue weighted by Crippen LogP contribution is 2.41. The van der Waals surface area contributed by atoms with Gasteiger partial charge in [-0.15, -0.1) is 38.2 Å². The molecule has 0 atom stereocenters. The van der Waals surface area contributed by atoms with Crippen LogP contribution in [0.1, 0.15) is 0 Å². The molecule has 60 heavy (non-hydrogen) atoms. The van der Waals surface area contributed by atoms with Gasteiger partial charge < -0.3 is 0 Å². The van der Waals surface area contributed by atoms with Crippen LogP contribution in [0.15, 0.2) is 103 Å². The van der Waals surface area contributed by atoms with Crippen molar-refractivity contribution < 1.29 is 0 Å². The number of benzene rings is 8. The average Bonchev–Trinajstić information content (AvgIpc) is 3.67. The molecule has 0 spiro atoms. The Morgan fingerprint density at radius 1 is 0.300 bits per heavy atom. The number of hydrogen-bond donors (Lipinski definition) is 0. The SMILES string of the molecule is [B]c1c([B])c([B])c(-c2ccc(-c3c4c([B])c([B])c([B])c([B])c4c(-c4ccc(-n5c(-c6ccccc6)nc6ccccc65)cc4)c4c([B])c([B])c([B])c([B])c34)cc2)c([B])c1[B]. The van der Waals surface area contributed by atoms with Gasteiger partial charge in [0.25, 0.3) is 0 Å². The molecule has 0 saturated heterocycles. The second-order valence-electron chi connectivity index (χ2n) is 14.8. The van der Waals surface area contributed by atoms with E-state index in [1.165, 1.54) is 0 Å². The van der Waals surface area contributed by atoms with Gasteiger partial charge in [-0.3, -0.25) is 4.57 Å². The van der Waals surface area contributed by atoms with Gasteiger partial charge in [0.2, 0.25) is 0 Å². The van der Waals surface area contributed by atoms with Crippen molar-refractivity contribution in [3.63, 3.8) is 0 Å². The van der Waals surface area contributed by atoms with Crippen molar-refractivity contribution in [1.29, 1.82) is 0 Å². The molecule has 9 aromatic rings. The van der Waals surface area contributed by atoms with E-state index in [9.17, 15) is 0 Å². The van der Waals surface area contributed by atoms with Gasteiger partial charge in [-0.1, -0.05) is 112 Å². The first-order chi connectivity index (χ1) is 28.7. The van der Waals surface area contributed by atoms with Gasteiger partial charge in [0.1, 0.15) is 108 Å². The molecular weight excluding hydrogens is 709 g/mol. The quantitative estimate of drug-likeness (QED) is 0.132. The fourth-order valence-electron chi connectivity index (χ4n) is 8.33. The van der Waals surface area contributed by atoms with Crippen LogP contribution < -0.4 is 71.0 Å². The number of fused-ring (bicyclic) bond motifs is 3. The Kier molecular flexibility index (Phi) is 9.97. The minimum Gasteiger partial charge on any atom is -0.292 e. The predicted molar refractivity (Wildman–Crippen MR) is 268 cm³/mol. The Morgan fingerprint density at radius 2 is 0.650 bits per heavy atom. The highest BCUT2D eigenvalue weighted by Gasteiger charge is 2.25. The summed E-state index contributed by atoms with van der Waals surface area (Å²) < 4.78 is 2.11. The van der Waals surface area contributed by atoms with E-state index in [2.05, 4.69) is 4.57 Å². The van der Waals surface area contributed by atoms with E-state index in [1.807, 2.05) is 91.0 Å². The third-order valence-corrected chi connectivity index (χ3v) is 11.5. The third kappa shape index (κ3) is 5.93. The lowest BCUT2D eigenvalue weighted by molar-refractivity contribution is 1.10. The van der Waals surface area contributed by atoms with Crippen molar-refractivity contribution in [2.75, 3.05) is 0 Å². The van der Waals surface area contributed by atoms with Crippen molar-refractivity contribution in [1.82, 2.24) is 9.55 Å². The molecule has 1 aromatic heterocycles. The Morgan fingerprint density at radius 3 is 1.10 bits per heavy atom. The number of para-hydroxylation sites is 2. The summed E-state index contributed by atoms with van der Waals surface area (Å²) in [6.07, 6.45) is 0. The molecule has 15 heteroatoms. The molecule has 0 aliphatic rings. The number of rotatable bonds is 5. The van der Waals surface area contributed by atoms with Crippen LogP contribution in [0.5, 0.6) is 0 Å². The van der Waals surface area contributed by atoms with E-state index in [-0.39, 0.29) is 71.0 Å². The van der Waals surface area contributed by atoms with Crippen LogP contribution in [-0.4, -0.2) is 112 Å². The molecule has 0 aliphatic carbocycles. The van der Waals surface area contributed by atoms with Gasteiger partial charge in [0.05, 0.1) is 11.0 Å². The summed E-state index contributed by atoms with van der Waals surface area (Å²) in [5, 5.41) is 1.92. The topological polar surface area (TPSA) is 17.8 Å². The predicted octanol–water partition coefficient (Wildman–Crippen LogP) is -3.68. The molecule has 2 nitrogen and oxygen atoms in total. The Hall–Kier alpha value is -5.41. The molecule has 1 heterocycles. The first-order valence-corrected chi connectivity index (χ1v) is 18.8. The summed E-state index contributed by atoms with van der Waals surface area (Å²) in [4.78, 5) is 5.00. The van der Waals surface area contributed by atoms with Crippen LogP contribution in [-0.2, 0) is 0 Å². The van der Waals surface area contributed by atoms with Crippen LogP contribution in [0.3, 0.4) is 0 Å². The van der Waals surface area contributed by atoms with Crippen LogP contribution in [0.25, 0.3) is 83.0 Å². The summed E-state index contributed by atoms with van der Waals surface area (Å²) in [6.45, 7) is 0. The van der Waals surface area contributed by atoms with Crippen molar-refractivity contribution in [3.05, 3.63) is 103 Å². The maximum atomic E-state index is 6.99. The van der Waals surface area contributed by atoms with E-state index in [1.54, 1.807) is 12.1 Å². The molecule has 246 valence electrons. The van der Waals surface area contributed by atoms with Crippen molar-refractivity contribution in [3.8, 4) is 50.5 Å². The first kappa shape index (κ1) is 40.0. The minimum atomic E-state index is 0.0993. The second kappa shape index (κ2) is 14.9. The highest BCUT2D eigenvalue weighted by molar-refractivity contribution is 6.72. The first-order valence-electron chi connectivity index (χ1n) is 18.8. The summed E-state index contributed by atoms with van der Waals surface area (Å²) in [5.41, 5.74) is 8.98. The summed E-state index contributed by atoms with van der Waals surface area (Å²) in [5.74, 6) is 0.782. The Balaban J connectivity index is 1.35. The zero-order valence-corrected chi connectivity index (χ0v) is 32.2. The zero-order chi connectivity index (χ0) is 42.5. The van der Waals surface area contributed by atoms with Crippen LogP contribution in [0.2, 0.25) is 0 Å². The largest absolute Gasteiger partial charge is 0.292 e. The van der Waals surface area contributed by atoms with E-state index in [4.69, 9.17) is 107 Å². The lowest BCUT2D eigenvalue weighted by Crippen LogP contribution is -2.55.